The molecule has 0 aromatic carbocycles. The Kier molecular flexibility index (Phi) is 5.27. The van der Waals surface area contributed by atoms with Crippen LogP contribution in [0.15, 0.2) is 36.5 Å². The van der Waals surface area contributed by atoms with E-state index in [1.54, 1.807) is 0 Å². The predicted octanol–water partition coefficient (Wildman–Crippen LogP) is 2.53. The van der Waals surface area contributed by atoms with Gasteiger partial charge < -0.3 is 5.32 Å². The Morgan fingerprint density at radius 3 is 3.00 bits per heavy atom. The van der Waals surface area contributed by atoms with Crippen LogP contribution in [0.3, 0.4) is 0 Å². The van der Waals surface area contributed by atoms with Gasteiger partial charge in [0.05, 0.1) is 5.69 Å². The number of pyridine rings is 1. The molecule has 0 radical (unpaired) electrons. The summed E-state index contributed by atoms with van der Waals surface area (Å²) in [6.07, 6.45) is 5.76. The van der Waals surface area contributed by atoms with Crippen molar-refractivity contribution in [3.63, 3.8) is 0 Å². The zero-order valence-electron chi connectivity index (χ0n) is 8.28. The third-order valence-electron chi connectivity index (χ3n) is 1.93. The molecule has 0 aliphatic carbocycles. The molecule has 0 fully saturated rings. The van der Waals surface area contributed by atoms with Crippen LogP contribution in [0, 0.1) is 0 Å². The number of nitrogens with one attached hydrogen (secondary N) is 1. The second kappa shape index (κ2) is 6.57. The van der Waals surface area contributed by atoms with Gasteiger partial charge in [0.15, 0.2) is 0 Å². The molecule has 0 saturated carbocycles. The van der Waals surface area contributed by atoms with Gasteiger partial charge in [0.2, 0.25) is 0 Å². The van der Waals surface area contributed by atoms with Crippen molar-refractivity contribution in [1.29, 1.82) is 0 Å². The van der Waals surface area contributed by atoms with Crippen LogP contribution in [0.1, 0.15) is 18.7 Å². The summed E-state index contributed by atoms with van der Waals surface area (Å²) in [5.74, 6) is 0.569. The van der Waals surface area contributed by atoms with Gasteiger partial charge in [-0.1, -0.05) is 18.2 Å². The maximum absolute atomic E-state index is 5.51. The molecule has 2 nitrogen and oxygen atoms in total. The molecule has 1 aromatic heterocycles. The highest BCUT2D eigenvalue weighted by Crippen LogP contribution is 2.06. The lowest BCUT2D eigenvalue weighted by atomic mass is 10.2. The Balaban J connectivity index is 2.36. The Labute approximate surface area is 90.0 Å². The van der Waals surface area contributed by atoms with E-state index in [4.69, 9.17) is 11.6 Å². The van der Waals surface area contributed by atoms with Crippen molar-refractivity contribution in [2.24, 2.45) is 0 Å². The quantitative estimate of drug-likeness (QED) is 0.597. The van der Waals surface area contributed by atoms with Gasteiger partial charge in [-0.15, -0.1) is 11.6 Å². The first-order chi connectivity index (χ1) is 6.84. The third kappa shape index (κ3) is 3.90. The maximum atomic E-state index is 5.51. The van der Waals surface area contributed by atoms with Gasteiger partial charge in [-0.05, 0) is 19.1 Å². The topological polar surface area (TPSA) is 24.9 Å². The summed E-state index contributed by atoms with van der Waals surface area (Å²) in [6, 6.07) is 6.21. The fourth-order valence-electron chi connectivity index (χ4n) is 1.13. The number of hydrogen-bond donors (Lipinski definition) is 1. The standard InChI is InChI=1S/C11H15ClN2/c1-10(13-8-5-3-7-12)11-6-2-4-9-14-11/h2-6,9-10,13H,7-8H2,1H3/b5-3+/t10-/m0/s1. The van der Waals surface area contributed by atoms with Crippen molar-refractivity contribution < 1.29 is 0 Å². The van der Waals surface area contributed by atoms with Crippen LogP contribution >= 0.6 is 11.6 Å². The molecule has 0 saturated heterocycles. The van der Waals surface area contributed by atoms with Crippen LogP contribution in [0.2, 0.25) is 0 Å². The average molecular weight is 211 g/mol. The molecule has 1 rings (SSSR count). The molecule has 1 aromatic rings. The van der Waals surface area contributed by atoms with Crippen molar-refractivity contribution in [2.45, 2.75) is 13.0 Å². The van der Waals surface area contributed by atoms with Gasteiger partial charge in [-0.25, -0.2) is 0 Å². The van der Waals surface area contributed by atoms with Crippen LogP contribution < -0.4 is 5.32 Å². The fourth-order valence-corrected chi connectivity index (χ4v) is 1.25. The minimum Gasteiger partial charge on any atom is -0.305 e. The molecular formula is C11H15ClN2. The van der Waals surface area contributed by atoms with E-state index in [1.165, 1.54) is 0 Å². The fraction of sp³-hybridized carbons (Fsp3) is 0.364. The first-order valence-corrected chi connectivity index (χ1v) is 5.23. The lowest BCUT2D eigenvalue weighted by molar-refractivity contribution is 0.601. The summed E-state index contributed by atoms with van der Waals surface area (Å²) in [5, 5.41) is 3.33. The van der Waals surface area contributed by atoms with E-state index in [0.717, 1.165) is 12.2 Å². The molecule has 76 valence electrons. The summed E-state index contributed by atoms with van der Waals surface area (Å²) in [7, 11) is 0. The van der Waals surface area contributed by atoms with Crippen molar-refractivity contribution >= 4 is 11.6 Å². The van der Waals surface area contributed by atoms with Crippen LogP contribution in [0.5, 0.6) is 0 Å². The van der Waals surface area contributed by atoms with E-state index in [1.807, 2.05) is 36.5 Å². The van der Waals surface area contributed by atoms with Gasteiger partial charge >= 0.3 is 0 Å². The van der Waals surface area contributed by atoms with Crippen LogP contribution in [0.25, 0.3) is 0 Å². The van der Waals surface area contributed by atoms with Crippen molar-refractivity contribution in [3.8, 4) is 0 Å². The number of rotatable bonds is 5. The van der Waals surface area contributed by atoms with E-state index < -0.39 is 0 Å². The summed E-state index contributed by atoms with van der Waals surface area (Å²) in [4.78, 5) is 4.26. The number of alkyl halides is 1. The average Bonchev–Trinajstić information content (AvgIpc) is 2.25. The van der Waals surface area contributed by atoms with E-state index in [0.29, 0.717) is 5.88 Å². The van der Waals surface area contributed by atoms with Gasteiger partial charge in [0.25, 0.3) is 0 Å². The van der Waals surface area contributed by atoms with Crippen LogP contribution in [0.4, 0.5) is 0 Å². The lowest BCUT2D eigenvalue weighted by Gasteiger charge is -2.10. The Morgan fingerprint density at radius 1 is 1.50 bits per heavy atom. The molecule has 1 atom stereocenters. The molecule has 1 N–H and O–H groups in total. The number of allylic oxidation sites excluding steroid dienone is 1. The first kappa shape index (κ1) is 11.2. The van der Waals surface area contributed by atoms with Crippen molar-refractivity contribution in [2.75, 3.05) is 12.4 Å². The molecule has 3 heteroatoms. The molecule has 1 heterocycles. The Hall–Kier alpha value is -0.860. The Bertz CT molecular complexity index is 272. The van der Waals surface area contributed by atoms with E-state index >= 15 is 0 Å². The summed E-state index contributed by atoms with van der Waals surface area (Å²) in [6.45, 7) is 2.92. The number of aromatic nitrogens is 1. The van der Waals surface area contributed by atoms with Gasteiger partial charge in [0, 0.05) is 24.7 Å². The zero-order chi connectivity index (χ0) is 10.2. The number of nitrogens with zero attached hydrogens (tertiary/aromatic N) is 1. The minimum atomic E-state index is 0.274. The molecule has 0 spiro atoms. The first-order valence-electron chi connectivity index (χ1n) is 4.70. The van der Waals surface area contributed by atoms with Crippen LogP contribution in [-0.2, 0) is 0 Å². The molecule has 14 heavy (non-hydrogen) atoms. The number of hydrogen-bond acceptors (Lipinski definition) is 2. The largest absolute Gasteiger partial charge is 0.305 e. The lowest BCUT2D eigenvalue weighted by Crippen LogP contribution is -2.19. The molecule has 0 aliphatic rings. The van der Waals surface area contributed by atoms with E-state index in [-0.39, 0.29) is 6.04 Å². The maximum Gasteiger partial charge on any atom is 0.0570 e. The van der Waals surface area contributed by atoms with E-state index in [9.17, 15) is 0 Å². The molecule has 0 amide bonds. The monoisotopic (exact) mass is 210 g/mol. The zero-order valence-corrected chi connectivity index (χ0v) is 9.04. The van der Waals surface area contributed by atoms with Gasteiger partial charge in [-0.2, -0.15) is 0 Å². The van der Waals surface area contributed by atoms with Gasteiger partial charge in [-0.3, -0.25) is 4.98 Å². The summed E-state index contributed by atoms with van der Waals surface area (Å²) in [5.41, 5.74) is 1.06. The smallest absolute Gasteiger partial charge is 0.0570 e. The van der Waals surface area contributed by atoms with E-state index in [2.05, 4.69) is 17.2 Å². The summed E-state index contributed by atoms with van der Waals surface area (Å²) >= 11 is 5.51. The SMILES string of the molecule is C[C@H](NC/C=C/CCl)c1ccccn1. The molecule has 0 aliphatic heterocycles. The highest BCUT2D eigenvalue weighted by molar-refractivity contribution is 6.18. The van der Waals surface area contributed by atoms with Crippen molar-refractivity contribution in [1.82, 2.24) is 10.3 Å². The summed E-state index contributed by atoms with van der Waals surface area (Å²) < 4.78 is 0. The van der Waals surface area contributed by atoms with Crippen LogP contribution in [-0.4, -0.2) is 17.4 Å². The second-order valence-electron chi connectivity index (χ2n) is 3.01. The third-order valence-corrected chi connectivity index (χ3v) is 2.11. The van der Waals surface area contributed by atoms with Gasteiger partial charge in [0.1, 0.15) is 0 Å². The second-order valence-corrected chi connectivity index (χ2v) is 3.32. The normalized spacial score (nSPS) is 13.3. The highest BCUT2D eigenvalue weighted by atomic mass is 35.5. The number of halogens is 1. The molecule has 0 unspecified atom stereocenters. The minimum absolute atomic E-state index is 0.274. The Morgan fingerprint density at radius 2 is 2.36 bits per heavy atom. The molecule has 0 bridgehead atoms. The predicted molar refractivity (Wildman–Crippen MR) is 60.5 cm³/mol. The highest BCUT2D eigenvalue weighted by Gasteiger charge is 2.02. The van der Waals surface area contributed by atoms with Crippen molar-refractivity contribution in [3.05, 3.63) is 42.2 Å². The molecular weight excluding hydrogens is 196 g/mol.